The largest absolute Gasteiger partial charge is 0.386 e. The van der Waals surface area contributed by atoms with Gasteiger partial charge in [0.25, 0.3) is 0 Å². The molecule has 2 rings (SSSR count). The number of fused-ring (bicyclic) bond motifs is 1. The van der Waals surface area contributed by atoms with Gasteiger partial charge in [-0.3, -0.25) is 0 Å². The fourth-order valence-corrected chi connectivity index (χ4v) is 2.13. The van der Waals surface area contributed by atoms with Crippen LogP contribution < -0.4 is 5.32 Å². The van der Waals surface area contributed by atoms with Crippen molar-refractivity contribution in [1.82, 2.24) is 5.32 Å². The van der Waals surface area contributed by atoms with Crippen LogP contribution in [0.15, 0.2) is 11.4 Å². The second-order valence-corrected chi connectivity index (χ2v) is 3.40. The summed E-state index contributed by atoms with van der Waals surface area (Å²) in [5.41, 5.74) is 1.25. The maximum Gasteiger partial charge on any atom is 0.101 e. The topological polar surface area (TPSA) is 32.3 Å². The summed E-state index contributed by atoms with van der Waals surface area (Å²) in [6.45, 7) is 1.61. The highest BCUT2D eigenvalue weighted by molar-refractivity contribution is 7.10. The molecule has 0 bridgehead atoms. The van der Waals surface area contributed by atoms with Gasteiger partial charge in [0.05, 0.1) is 0 Å². The standard InChI is InChI=1S/C7H9NOS/c9-6-4-8-3-5-1-2-10-7(5)6/h1-2,6,8-9H,3-4H2/t6-/m1/s1. The van der Waals surface area contributed by atoms with Gasteiger partial charge in [0.2, 0.25) is 0 Å². The molecule has 0 fully saturated rings. The van der Waals surface area contributed by atoms with Crippen molar-refractivity contribution in [3.05, 3.63) is 21.9 Å². The number of β-amino-alcohol motifs (C(OH)–C–C–N with tert-alkyl or cyclic N) is 1. The quantitative estimate of drug-likeness (QED) is 0.583. The van der Waals surface area contributed by atoms with E-state index < -0.39 is 0 Å². The maximum atomic E-state index is 9.40. The maximum absolute atomic E-state index is 9.40. The highest BCUT2D eigenvalue weighted by Crippen LogP contribution is 2.26. The van der Waals surface area contributed by atoms with Crippen LogP contribution in [0.5, 0.6) is 0 Å². The van der Waals surface area contributed by atoms with Crippen molar-refractivity contribution in [1.29, 1.82) is 0 Å². The molecule has 1 aliphatic rings. The molecule has 0 saturated carbocycles. The summed E-state index contributed by atoms with van der Waals surface area (Å²) in [5, 5.41) is 14.6. The summed E-state index contributed by atoms with van der Waals surface area (Å²) < 4.78 is 0. The Hall–Kier alpha value is -0.380. The lowest BCUT2D eigenvalue weighted by Gasteiger charge is -2.17. The number of thiophene rings is 1. The molecule has 3 heteroatoms. The molecule has 0 amide bonds. The average molecular weight is 155 g/mol. The minimum atomic E-state index is -0.274. The van der Waals surface area contributed by atoms with Crippen LogP contribution >= 0.6 is 11.3 Å². The molecule has 0 radical (unpaired) electrons. The smallest absolute Gasteiger partial charge is 0.101 e. The van der Waals surface area contributed by atoms with Crippen molar-refractivity contribution >= 4 is 11.3 Å². The summed E-state index contributed by atoms with van der Waals surface area (Å²) in [6.07, 6.45) is -0.274. The van der Waals surface area contributed by atoms with Crippen LogP contribution in [0.4, 0.5) is 0 Å². The predicted molar refractivity (Wildman–Crippen MR) is 41.0 cm³/mol. The minimum Gasteiger partial charge on any atom is -0.386 e. The van der Waals surface area contributed by atoms with Gasteiger partial charge in [-0.2, -0.15) is 0 Å². The summed E-state index contributed by atoms with van der Waals surface area (Å²) in [4.78, 5) is 1.14. The second-order valence-electron chi connectivity index (χ2n) is 2.46. The number of rotatable bonds is 0. The van der Waals surface area contributed by atoms with Crippen LogP contribution in [-0.4, -0.2) is 11.7 Å². The first-order valence-electron chi connectivity index (χ1n) is 3.33. The van der Waals surface area contributed by atoms with Crippen molar-refractivity contribution in [3.8, 4) is 0 Å². The van der Waals surface area contributed by atoms with E-state index in [2.05, 4.69) is 11.4 Å². The zero-order chi connectivity index (χ0) is 6.97. The molecule has 1 aromatic rings. The van der Waals surface area contributed by atoms with Crippen LogP contribution in [0, 0.1) is 0 Å². The number of hydrogen-bond donors (Lipinski definition) is 2. The Bertz CT molecular complexity index is 233. The Morgan fingerprint density at radius 1 is 1.70 bits per heavy atom. The Kier molecular flexibility index (Phi) is 1.48. The lowest BCUT2D eigenvalue weighted by atomic mass is 10.1. The summed E-state index contributed by atoms with van der Waals surface area (Å²) in [5.74, 6) is 0. The first-order valence-corrected chi connectivity index (χ1v) is 4.21. The third kappa shape index (κ3) is 0.868. The Labute approximate surface area is 63.5 Å². The third-order valence-corrected chi connectivity index (χ3v) is 2.80. The van der Waals surface area contributed by atoms with Crippen LogP contribution in [0.3, 0.4) is 0 Å². The third-order valence-electron chi connectivity index (χ3n) is 1.74. The van der Waals surface area contributed by atoms with Gasteiger partial charge in [0.1, 0.15) is 6.10 Å². The van der Waals surface area contributed by atoms with Gasteiger partial charge in [-0.05, 0) is 17.0 Å². The number of aliphatic hydroxyl groups is 1. The number of hydrogen-bond acceptors (Lipinski definition) is 3. The molecule has 0 aromatic carbocycles. The highest BCUT2D eigenvalue weighted by atomic mass is 32.1. The van der Waals surface area contributed by atoms with Gasteiger partial charge in [-0.15, -0.1) is 11.3 Å². The molecule has 1 aliphatic heterocycles. The normalized spacial score (nSPS) is 24.3. The van der Waals surface area contributed by atoms with Crippen LogP contribution in [0.1, 0.15) is 16.5 Å². The fraction of sp³-hybridized carbons (Fsp3) is 0.429. The summed E-state index contributed by atoms with van der Waals surface area (Å²) >= 11 is 1.64. The Morgan fingerprint density at radius 3 is 3.40 bits per heavy atom. The monoisotopic (exact) mass is 155 g/mol. The number of aliphatic hydroxyl groups excluding tert-OH is 1. The van der Waals surface area contributed by atoms with Gasteiger partial charge < -0.3 is 10.4 Å². The molecular weight excluding hydrogens is 146 g/mol. The van der Waals surface area contributed by atoms with Crippen molar-refractivity contribution in [2.45, 2.75) is 12.6 Å². The molecule has 2 nitrogen and oxygen atoms in total. The fourth-order valence-electron chi connectivity index (χ4n) is 1.22. The molecule has 54 valence electrons. The highest BCUT2D eigenvalue weighted by Gasteiger charge is 2.17. The molecule has 10 heavy (non-hydrogen) atoms. The molecule has 0 aliphatic carbocycles. The van der Waals surface area contributed by atoms with E-state index in [1.165, 1.54) is 5.56 Å². The summed E-state index contributed by atoms with van der Waals surface area (Å²) in [6, 6.07) is 2.06. The van der Waals surface area contributed by atoms with E-state index in [0.29, 0.717) is 6.54 Å². The summed E-state index contributed by atoms with van der Waals surface area (Å²) in [7, 11) is 0. The van der Waals surface area contributed by atoms with E-state index in [4.69, 9.17) is 0 Å². The van der Waals surface area contributed by atoms with Gasteiger partial charge >= 0.3 is 0 Å². The van der Waals surface area contributed by atoms with E-state index >= 15 is 0 Å². The van der Waals surface area contributed by atoms with E-state index in [0.717, 1.165) is 11.4 Å². The molecule has 2 N–H and O–H groups in total. The first kappa shape index (κ1) is 6.34. The predicted octanol–water partition coefficient (Wildman–Crippen LogP) is 0.885. The lowest BCUT2D eigenvalue weighted by Crippen LogP contribution is -2.26. The van der Waals surface area contributed by atoms with Crippen molar-refractivity contribution < 1.29 is 5.11 Å². The lowest BCUT2D eigenvalue weighted by molar-refractivity contribution is 0.169. The second kappa shape index (κ2) is 2.34. The number of nitrogens with one attached hydrogen (secondary N) is 1. The van der Waals surface area contributed by atoms with Crippen LogP contribution in [0.2, 0.25) is 0 Å². The molecule has 1 atom stereocenters. The van der Waals surface area contributed by atoms with E-state index in [1.54, 1.807) is 11.3 Å². The average Bonchev–Trinajstić information content (AvgIpc) is 2.36. The SMILES string of the molecule is O[C@@H]1CNCc2ccsc21. The van der Waals surface area contributed by atoms with Gasteiger partial charge in [-0.1, -0.05) is 0 Å². The zero-order valence-electron chi connectivity index (χ0n) is 5.50. The van der Waals surface area contributed by atoms with Gasteiger partial charge in [0.15, 0.2) is 0 Å². The first-order chi connectivity index (χ1) is 4.88. The van der Waals surface area contributed by atoms with Crippen molar-refractivity contribution in [2.24, 2.45) is 0 Å². The van der Waals surface area contributed by atoms with Gasteiger partial charge in [-0.25, -0.2) is 0 Å². The van der Waals surface area contributed by atoms with Crippen molar-refractivity contribution in [3.63, 3.8) is 0 Å². The van der Waals surface area contributed by atoms with Crippen LogP contribution in [0.25, 0.3) is 0 Å². The molecule has 2 heterocycles. The molecule has 1 aromatic heterocycles. The van der Waals surface area contributed by atoms with Gasteiger partial charge in [0, 0.05) is 18.0 Å². The van der Waals surface area contributed by atoms with Crippen LogP contribution in [-0.2, 0) is 6.54 Å². The molecule has 0 saturated heterocycles. The van der Waals surface area contributed by atoms with E-state index in [9.17, 15) is 5.11 Å². The van der Waals surface area contributed by atoms with E-state index in [-0.39, 0.29) is 6.10 Å². The Morgan fingerprint density at radius 2 is 2.60 bits per heavy atom. The van der Waals surface area contributed by atoms with Crippen molar-refractivity contribution in [2.75, 3.05) is 6.54 Å². The zero-order valence-corrected chi connectivity index (χ0v) is 6.32. The van der Waals surface area contributed by atoms with E-state index in [1.807, 2.05) is 5.38 Å². The molecular formula is C7H9NOS. The molecule has 0 unspecified atom stereocenters. The minimum absolute atomic E-state index is 0.274. The Balaban J connectivity index is 2.41. The molecule has 0 spiro atoms.